The predicted octanol–water partition coefficient (Wildman–Crippen LogP) is 4.44. The zero-order chi connectivity index (χ0) is 17.1. The molecular weight excluding hydrogens is 324 g/mol. The van der Waals surface area contributed by atoms with Crippen LogP contribution in [-0.4, -0.2) is 14.9 Å². The zero-order valence-corrected chi connectivity index (χ0v) is 13.5. The number of fused-ring (bicyclic) bond motifs is 1. The van der Waals surface area contributed by atoms with Crippen molar-refractivity contribution in [2.45, 2.75) is 12.1 Å². The summed E-state index contributed by atoms with van der Waals surface area (Å²) >= 11 is 1.19. The Kier molecular flexibility index (Phi) is 4.31. The third kappa shape index (κ3) is 3.29. The van der Waals surface area contributed by atoms with E-state index in [1.807, 2.05) is 24.3 Å². The molecule has 6 nitrogen and oxygen atoms in total. The number of nitrogens with one attached hydrogen (secondary N) is 1. The first kappa shape index (κ1) is 15.8. The molecule has 0 aliphatic carbocycles. The highest BCUT2D eigenvalue weighted by Crippen LogP contribution is 2.28. The van der Waals surface area contributed by atoms with E-state index in [9.17, 15) is 15.4 Å². The molecule has 0 saturated heterocycles. The van der Waals surface area contributed by atoms with E-state index >= 15 is 0 Å². The Morgan fingerprint density at radius 2 is 2.17 bits per heavy atom. The number of H-pyrrole nitrogens is 1. The first-order valence-electron chi connectivity index (χ1n) is 7.06. The van der Waals surface area contributed by atoms with Gasteiger partial charge in [-0.1, -0.05) is 24.3 Å². The van der Waals surface area contributed by atoms with Crippen LogP contribution >= 0.6 is 11.8 Å². The SMILES string of the molecule is Cc1ccc(/C=C(\C#N)Sc2nc3ccccc3[nH]2)cc1[N+](=O)[O-]. The second kappa shape index (κ2) is 6.56. The first-order valence-corrected chi connectivity index (χ1v) is 7.88. The van der Waals surface area contributed by atoms with Gasteiger partial charge in [0.25, 0.3) is 5.69 Å². The monoisotopic (exact) mass is 336 g/mol. The highest BCUT2D eigenvalue weighted by Gasteiger charge is 2.11. The minimum atomic E-state index is -0.425. The topological polar surface area (TPSA) is 95.6 Å². The maximum Gasteiger partial charge on any atom is 0.272 e. The quantitative estimate of drug-likeness (QED) is 0.329. The van der Waals surface area contributed by atoms with Crippen LogP contribution in [0.4, 0.5) is 5.69 Å². The van der Waals surface area contributed by atoms with Gasteiger partial charge in [0.05, 0.1) is 20.9 Å². The van der Waals surface area contributed by atoms with Crippen LogP contribution < -0.4 is 0 Å². The smallest absolute Gasteiger partial charge is 0.272 e. The molecule has 1 N–H and O–H groups in total. The molecule has 0 bridgehead atoms. The Balaban J connectivity index is 1.91. The lowest BCUT2D eigenvalue weighted by atomic mass is 10.1. The summed E-state index contributed by atoms with van der Waals surface area (Å²) in [6.45, 7) is 1.68. The standard InChI is InChI=1S/C17H12N4O2S/c1-11-6-7-12(9-16(11)21(22)23)8-13(10-18)24-17-19-14-4-2-3-5-15(14)20-17/h2-9H,1H3,(H,19,20)/b13-8+. The number of imidazole rings is 1. The van der Waals surface area contributed by atoms with E-state index in [0.29, 0.717) is 21.2 Å². The van der Waals surface area contributed by atoms with Crippen molar-refractivity contribution in [2.24, 2.45) is 0 Å². The van der Waals surface area contributed by atoms with Crippen LogP contribution in [0, 0.1) is 28.4 Å². The Morgan fingerprint density at radius 1 is 1.38 bits per heavy atom. The van der Waals surface area contributed by atoms with E-state index in [-0.39, 0.29) is 5.69 Å². The summed E-state index contributed by atoms with van der Waals surface area (Å²) in [5.74, 6) is 0. The van der Waals surface area contributed by atoms with Crippen molar-refractivity contribution < 1.29 is 4.92 Å². The lowest BCUT2D eigenvalue weighted by molar-refractivity contribution is -0.385. The predicted molar refractivity (Wildman–Crippen MR) is 93.4 cm³/mol. The molecule has 7 heteroatoms. The van der Waals surface area contributed by atoms with Crippen LogP contribution in [0.1, 0.15) is 11.1 Å². The van der Waals surface area contributed by atoms with Crippen molar-refractivity contribution >= 4 is 34.6 Å². The van der Waals surface area contributed by atoms with Crippen molar-refractivity contribution in [3.05, 3.63) is 68.6 Å². The van der Waals surface area contributed by atoms with Gasteiger partial charge in [0.2, 0.25) is 0 Å². The summed E-state index contributed by atoms with van der Waals surface area (Å²) < 4.78 is 0. The van der Waals surface area contributed by atoms with E-state index in [4.69, 9.17) is 0 Å². The fourth-order valence-electron chi connectivity index (χ4n) is 2.23. The van der Waals surface area contributed by atoms with Gasteiger partial charge in [0.1, 0.15) is 6.07 Å². The Bertz CT molecular complexity index is 968. The lowest BCUT2D eigenvalue weighted by Gasteiger charge is -2.00. The maximum absolute atomic E-state index is 11.0. The summed E-state index contributed by atoms with van der Waals surface area (Å²) in [7, 11) is 0. The minimum absolute atomic E-state index is 0.0368. The van der Waals surface area contributed by atoms with Crippen molar-refractivity contribution in [2.75, 3.05) is 0 Å². The summed E-state index contributed by atoms with van der Waals surface area (Å²) in [5, 5.41) is 21.0. The van der Waals surface area contributed by atoms with Gasteiger partial charge < -0.3 is 4.98 Å². The number of rotatable bonds is 4. The molecule has 1 aromatic heterocycles. The van der Waals surface area contributed by atoms with Crippen LogP contribution in [0.2, 0.25) is 0 Å². The highest BCUT2D eigenvalue weighted by atomic mass is 32.2. The van der Waals surface area contributed by atoms with Crippen molar-refractivity contribution in [1.82, 2.24) is 9.97 Å². The molecular formula is C17H12N4O2S. The molecule has 0 unspecified atom stereocenters. The van der Waals surface area contributed by atoms with E-state index in [2.05, 4.69) is 16.0 Å². The van der Waals surface area contributed by atoms with Crippen LogP contribution in [-0.2, 0) is 0 Å². The molecule has 0 fully saturated rings. The average molecular weight is 336 g/mol. The Labute approximate surface area is 142 Å². The number of thioether (sulfide) groups is 1. The normalized spacial score (nSPS) is 11.4. The van der Waals surface area contributed by atoms with Crippen LogP contribution in [0.3, 0.4) is 0 Å². The van der Waals surface area contributed by atoms with E-state index in [1.54, 1.807) is 25.1 Å². The summed E-state index contributed by atoms with van der Waals surface area (Å²) in [6, 6.07) is 14.6. The molecule has 2 aromatic carbocycles. The molecule has 1 heterocycles. The zero-order valence-electron chi connectivity index (χ0n) is 12.7. The number of para-hydroxylation sites is 2. The lowest BCUT2D eigenvalue weighted by Crippen LogP contribution is -1.92. The fraction of sp³-hybridized carbons (Fsp3) is 0.0588. The van der Waals surface area contributed by atoms with E-state index in [0.717, 1.165) is 11.0 Å². The number of benzene rings is 2. The Hall–Kier alpha value is -3.11. The molecule has 0 radical (unpaired) electrons. The molecule has 3 aromatic rings. The molecule has 0 saturated carbocycles. The van der Waals surface area contributed by atoms with E-state index in [1.165, 1.54) is 17.8 Å². The summed E-state index contributed by atoms with van der Waals surface area (Å²) in [5.41, 5.74) is 2.94. The molecule has 0 aliphatic rings. The highest BCUT2D eigenvalue weighted by molar-refractivity contribution is 8.03. The number of hydrogen-bond donors (Lipinski definition) is 1. The molecule has 0 aliphatic heterocycles. The van der Waals surface area contributed by atoms with Gasteiger partial charge in [-0.15, -0.1) is 0 Å². The third-order valence-electron chi connectivity index (χ3n) is 3.41. The van der Waals surface area contributed by atoms with Gasteiger partial charge in [-0.3, -0.25) is 10.1 Å². The molecule has 0 atom stereocenters. The number of nitriles is 1. The van der Waals surface area contributed by atoms with Gasteiger partial charge in [0.15, 0.2) is 5.16 Å². The molecule has 3 rings (SSSR count). The number of allylic oxidation sites excluding steroid dienone is 1. The number of nitro benzene ring substituents is 1. The van der Waals surface area contributed by atoms with Gasteiger partial charge in [-0.25, -0.2) is 4.98 Å². The Morgan fingerprint density at radius 3 is 2.88 bits per heavy atom. The number of aryl methyl sites for hydroxylation is 1. The second-order valence-corrected chi connectivity index (χ2v) is 6.12. The second-order valence-electron chi connectivity index (χ2n) is 5.08. The fourth-order valence-corrected chi connectivity index (χ4v) is 2.98. The van der Waals surface area contributed by atoms with Crippen LogP contribution in [0.25, 0.3) is 17.1 Å². The maximum atomic E-state index is 11.0. The number of aromatic nitrogens is 2. The molecule has 0 amide bonds. The van der Waals surface area contributed by atoms with Gasteiger partial charge in [-0.05, 0) is 42.5 Å². The molecule has 24 heavy (non-hydrogen) atoms. The molecule has 0 spiro atoms. The number of nitro groups is 1. The van der Waals surface area contributed by atoms with Gasteiger partial charge in [0, 0.05) is 11.6 Å². The minimum Gasteiger partial charge on any atom is -0.333 e. The first-order chi connectivity index (χ1) is 11.6. The number of aromatic amines is 1. The van der Waals surface area contributed by atoms with Gasteiger partial charge in [-0.2, -0.15) is 5.26 Å². The number of nitrogens with zero attached hydrogens (tertiary/aromatic N) is 3. The largest absolute Gasteiger partial charge is 0.333 e. The molecule has 118 valence electrons. The van der Waals surface area contributed by atoms with Crippen LogP contribution in [0.15, 0.2) is 52.5 Å². The van der Waals surface area contributed by atoms with Gasteiger partial charge >= 0.3 is 0 Å². The van der Waals surface area contributed by atoms with Crippen molar-refractivity contribution in [3.8, 4) is 6.07 Å². The summed E-state index contributed by atoms with van der Waals surface area (Å²) in [6.07, 6.45) is 1.62. The number of hydrogen-bond acceptors (Lipinski definition) is 5. The third-order valence-corrected chi connectivity index (χ3v) is 4.23. The van der Waals surface area contributed by atoms with Crippen molar-refractivity contribution in [1.29, 1.82) is 5.26 Å². The van der Waals surface area contributed by atoms with E-state index < -0.39 is 4.92 Å². The van der Waals surface area contributed by atoms with Crippen molar-refractivity contribution in [3.63, 3.8) is 0 Å². The van der Waals surface area contributed by atoms with Crippen LogP contribution in [0.5, 0.6) is 0 Å². The summed E-state index contributed by atoms with van der Waals surface area (Å²) in [4.78, 5) is 18.5. The average Bonchev–Trinajstić information content (AvgIpc) is 2.97.